The van der Waals surface area contributed by atoms with Crippen LogP contribution in [0.15, 0.2) is 18.2 Å². The second kappa shape index (κ2) is 5.55. The van der Waals surface area contributed by atoms with Gasteiger partial charge in [0.05, 0.1) is 13.2 Å². The van der Waals surface area contributed by atoms with Gasteiger partial charge in [0.15, 0.2) is 0 Å². The lowest BCUT2D eigenvalue weighted by molar-refractivity contribution is -0.148. The average molecular weight is 273 g/mol. The maximum atomic E-state index is 9.26. The Bertz CT molecular complexity index is 417. The van der Waals surface area contributed by atoms with Gasteiger partial charge in [-0.05, 0) is 23.6 Å². The first-order chi connectivity index (χ1) is 8.64. The smallest absolute Gasteiger partial charge is 0.275 e. The molecule has 0 unspecified atom stereocenters. The van der Waals surface area contributed by atoms with Crippen molar-refractivity contribution in [2.75, 3.05) is 27.4 Å². The van der Waals surface area contributed by atoms with Crippen LogP contribution in [-0.2, 0) is 25.9 Å². The number of aliphatic hydroxyl groups is 1. The van der Waals surface area contributed by atoms with Crippen LogP contribution < -0.4 is 0 Å². The summed E-state index contributed by atoms with van der Waals surface area (Å²) in [5.74, 6) is 0. The summed E-state index contributed by atoms with van der Waals surface area (Å²) in [7, 11) is 2.99. The van der Waals surface area contributed by atoms with Crippen molar-refractivity contribution in [3.63, 3.8) is 0 Å². The monoisotopic (exact) mass is 272 g/mol. The molecule has 0 saturated heterocycles. The highest BCUT2D eigenvalue weighted by molar-refractivity contribution is 6.22. The van der Waals surface area contributed by atoms with Crippen LogP contribution in [0, 0.1) is 0 Å². The summed E-state index contributed by atoms with van der Waals surface area (Å²) in [5, 5.41) is 8.00. The van der Waals surface area contributed by atoms with Crippen molar-refractivity contribution in [2.45, 2.75) is 17.8 Å². The molecule has 1 heterocycles. The summed E-state index contributed by atoms with van der Waals surface area (Å²) >= 11 is 6.22. The van der Waals surface area contributed by atoms with Gasteiger partial charge in [-0.15, -0.1) is 0 Å². The van der Waals surface area contributed by atoms with Gasteiger partial charge in [0.25, 0.3) is 5.25 Å². The molecule has 1 N–H and O–H groups in total. The molecule has 0 saturated carbocycles. The van der Waals surface area contributed by atoms with Crippen molar-refractivity contribution in [1.82, 2.24) is 0 Å². The Balaban J connectivity index is 2.38. The molecule has 5 heteroatoms. The van der Waals surface area contributed by atoms with E-state index in [1.54, 1.807) is 0 Å². The van der Waals surface area contributed by atoms with Crippen LogP contribution in [0.3, 0.4) is 0 Å². The zero-order chi connectivity index (χ0) is 13.2. The number of halogens is 1. The molecule has 1 aromatic carbocycles. The van der Waals surface area contributed by atoms with E-state index >= 15 is 0 Å². The van der Waals surface area contributed by atoms with E-state index in [1.807, 2.05) is 18.2 Å². The normalized spacial score (nSPS) is 19.7. The van der Waals surface area contributed by atoms with Gasteiger partial charge in [-0.2, -0.15) is 0 Å². The molecule has 18 heavy (non-hydrogen) atoms. The zero-order valence-corrected chi connectivity index (χ0v) is 11.2. The van der Waals surface area contributed by atoms with E-state index < -0.39 is 5.25 Å². The first-order valence-electron chi connectivity index (χ1n) is 5.79. The SMILES string of the molecule is COC(Cl)(OC)c1ccc2c(c1)CCO[C@@H]2CO. The highest BCUT2D eigenvalue weighted by atomic mass is 35.5. The van der Waals surface area contributed by atoms with E-state index in [0.29, 0.717) is 6.61 Å². The van der Waals surface area contributed by atoms with E-state index in [9.17, 15) is 5.11 Å². The number of rotatable bonds is 4. The summed E-state index contributed by atoms with van der Waals surface area (Å²) in [4.78, 5) is 0. The molecule has 0 aromatic heterocycles. The fourth-order valence-electron chi connectivity index (χ4n) is 2.19. The van der Waals surface area contributed by atoms with Gasteiger partial charge >= 0.3 is 0 Å². The average Bonchev–Trinajstić information content (AvgIpc) is 2.45. The highest BCUT2D eigenvalue weighted by Crippen LogP contribution is 2.35. The third-order valence-corrected chi connectivity index (χ3v) is 3.74. The van der Waals surface area contributed by atoms with Crippen LogP contribution in [0.1, 0.15) is 22.8 Å². The summed E-state index contributed by atoms with van der Waals surface area (Å²) in [6, 6.07) is 5.68. The fraction of sp³-hybridized carbons (Fsp3) is 0.538. The molecule has 1 aromatic rings. The second-order valence-corrected chi connectivity index (χ2v) is 4.65. The molecule has 1 atom stereocenters. The lowest BCUT2D eigenvalue weighted by Gasteiger charge is -2.28. The number of methoxy groups -OCH3 is 2. The number of benzene rings is 1. The van der Waals surface area contributed by atoms with Gasteiger partial charge in [0.2, 0.25) is 0 Å². The van der Waals surface area contributed by atoms with E-state index in [0.717, 1.165) is 23.1 Å². The number of hydrogen-bond acceptors (Lipinski definition) is 4. The number of hydrogen-bond donors (Lipinski definition) is 1. The molecule has 0 aliphatic carbocycles. The van der Waals surface area contributed by atoms with Gasteiger partial charge in [-0.25, -0.2) is 0 Å². The molecule has 0 spiro atoms. The molecule has 2 rings (SSSR count). The lowest BCUT2D eigenvalue weighted by Crippen LogP contribution is -2.25. The minimum absolute atomic E-state index is 0.0209. The quantitative estimate of drug-likeness (QED) is 0.672. The Hall–Kier alpha value is -0.650. The Morgan fingerprint density at radius 2 is 2.17 bits per heavy atom. The summed E-state index contributed by atoms with van der Waals surface area (Å²) < 4.78 is 15.8. The van der Waals surface area contributed by atoms with Crippen molar-refractivity contribution in [1.29, 1.82) is 0 Å². The van der Waals surface area contributed by atoms with Gasteiger partial charge in [0, 0.05) is 19.8 Å². The van der Waals surface area contributed by atoms with E-state index in [4.69, 9.17) is 25.8 Å². The number of fused-ring (bicyclic) bond motifs is 1. The van der Waals surface area contributed by atoms with Crippen molar-refractivity contribution in [3.8, 4) is 0 Å². The molecular formula is C13H17ClO4. The van der Waals surface area contributed by atoms with E-state index in [-0.39, 0.29) is 12.7 Å². The topological polar surface area (TPSA) is 47.9 Å². The minimum Gasteiger partial charge on any atom is -0.393 e. The minimum atomic E-state index is -1.26. The molecule has 0 bridgehead atoms. The predicted molar refractivity (Wildman–Crippen MR) is 67.5 cm³/mol. The second-order valence-electron chi connectivity index (χ2n) is 4.15. The van der Waals surface area contributed by atoms with Crippen LogP contribution >= 0.6 is 11.6 Å². The molecule has 0 radical (unpaired) electrons. The standard InChI is InChI=1S/C13H17ClO4/c1-16-13(14,17-2)10-3-4-11-9(7-10)5-6-18-12(11)8-15/h3-4,7,12,15H,5-6,8H2,1-2H3/t12-/m1/s1. The Kier molecular flexibility index (Phi) is 4.25. The van der Waals surface area contributed by atoms with E-state index in [1.165, 1.54) is 14.2 Å². The van der Waals surface area contributed by atoms with Crippen molar-refractivity contribution in [2.24, 2.45) is 0 Å². The molecule has 0 fully saturated rings. The Morgan fingerprint density at radius 3 is 2.78 bits per heavy atom. The van der Waals surface area contributed by atoms with Gasteiger partial charge in [-0.1, -0.05) is 23.7 Å². The summed E-state index contributed by atoms with van der Waals surface area (Å²) in [6.07, 6.45) is 0.540. The third kappa shape index (κ3) is 2.39. The maximum Gasteiger partial charge on any atom is 0.275 e. The first-order valence-corrected chi connectivity index (χ1v) is 6.17. The van der Waals surface area contributed by atoms with Crippen LogP contribution in [0.25, 0.3) is 0 Å². The van der Waals surface area contributed by atoms with Crippen molar-refractivity contribution < 1.29 is 19.3 Å². The molecule has 4 nitrogen and oxygen atoms in total. The van der Waals surface area contributed by atoms with Crippen LogP contribution in [0.5, 0.6) is 0 Å². The van der Waals surface area contributed by atoms with E-state index in [2.05, 4.69) is 0 Å². The molecule has 1 aliphatic heterocycles. The predicted octanol–water partition coefficient (Wildman–Crippen LogP) is 1.93. The van der Waals surface area contributed by atoms with Crippen LogP contribution in [0.4, 0.5) is 0 Å². The van der Waals surface area contributed by atoms with Gasteiger partial charge in [0.1, 0.15) is 6.10 Å². The van der Waals surface area contributed by atoms with Crippen LogP contribution in [-0.4, -0.2) is 32.5 Å². The summed E-state index contributed by atoms with van der Waals surface area (Å²) in [5.41, 5.74) is 2.85. The van der Waals surface area contributed by atoms with Crippen molar-refractivity contribution in [3.05, 3.63) is 34.9 Å². The Morgan fingerprint density at radius 1 is 1.44 bits per heavy atom. The Labute approximate surface area is 111 Å². The number of alkyl halides is 1. The third-order valence-electron chi connectivity index (χ3n) is 3.22. The molecule has 100 valence electrons. The highest BCUT2D eigenvalue weighted by Gasteiger charge is 2.31. The fourth-order valence-corrected chi connectivity index (χ4v) is 2.31. The molecular weight excluding hydrogens is 256 g/mol. The van der Waals surface area contributed by atoms with Crippen LogP contribution in [0.2, 0.25) is 0 Å². The number of aliphatic hydroxyl groups excluding tert-OH is 1. The largest absolute Gasteiger partial charge is 0.393 e. The summed E-state index contributed by atoms with van der Waals surface area (Å²) in [6.45, 7) is 0.573. The van der Waals surface area contributed by atoms with Gasteiger partial charge in [-0.3, -0.25) is 0 Å². The molecule has 1 aliphatic rings. The first kappa shape index (κ1) is 13.8. The maximum absolute atomic E-state index is 9.26. The number of ether oxygens (including phenoxy) is 3. The van der Waals surface area contributed by atoms with Gasteiger partial charge < -0.3 is 19.3 Å². The lowest BCUT2D eigenvalue weighted by atomic mass is 9.95. The van der Waals surface area contributed by atoms with Crippen molar-refractivity contribution >= 4 is 11.6 Å². The zero-order valence-electron chi connectivity index (χ0n) is 10.5. The molecule has 0 amide bonds.